The molecule has 0 spiro atoms. The molecule has 1 aliphatic rings. The Morgan fingerprint density at radius 2 is 1.75 bits per heavy atom. The summed E-state index contributed by atoms with van der Waals surface area (Å²) in [5.74, 6) is -0.376. The maximum Gasteiger partial charge on any atom is 0.279 e. The van der Waals surface area contributed by atoms with E-state index in [4.69, 9.17) is 0 Å². The minimum absolute atomic E-state index is 0.219. The molecule has 1 amide bonds. The Morgan fingerprint density at radius 1 is 1.07 bits per heavy atom. The van der Waals surface area contributed by atoms with E-state index in [1.807, 2.05) is 35.8 Å². The van der Waals surface area contributed by atoms with Crippen LogP contribution in [0.25, 0.3) is 10.2 Å². The number of amides is 1. The highest BCUT2D eigenvalue weighted by Crippen LogP contribution is 2.21. The van der Waals surface area contributed by atoms with Crippen LogP contribution < -0.4 is 4.80 Å². The standard InChI is InChI=1S/C20H21N3O3S2/c1-2-23-17-7-3-4-8-18(17)27-20(23)21-19(24)15-9-11-16(12-10-15)28(25,26)22-13-5-6-14-22/h3-4,7-12H,2,5-6,13-14H2,1H3. The summed E-state index contributed by atoms with van der Waals surface area (Å²) >= 11 is 1.47. The molecule has 1 aliphatic heterocycles. The van der Waals surface area contributed by atoms with Crippen molar-refractivity contribution in [1.29, 1.82) is 0 Å². The molecular formula is C20H21N3O3S2. The fourth-order valence-electron chi connectivity index (χ4n) is 3.41. The number of sulfonamides is 1. The second kappa shape index (κ2) is 7.62. The van der Waals surface area contributed by atoms with Crippen LogP contribution in [0.15, 0.2) is 58.4 Å². The molecule has 0 unspecified atom stereocenters. The zero-order valence-electron chi connectivity index (χ0n) is 15.5. The van der Waals surface area contributed by atoms with Gasteiger partial charge in [-0.25, -0.2) is 8.42 Å². The molecule has 2 aromatic carbocycles. The molecule has 0 bridgehead atoms. The Morgan fingerprint density at radius 3 is 2.43 bits per heavy atom. The number of para-hydroxylation sites is 1. The summed E-state index contributed by atoms with van der Waals surface area (Å²) in [6, 6.07) is 14.0. The third kappa shape index (κ3) is 3.43. The molecule has 6 nitrogen and oxygen atoms in total. The van der Waals surface area contributed by atoms with E-state index in [1.165, 1.54) is 27.8 Å². The van der Waals surface area contributed by atoms with Crippen molar-refractivity contribution >= 4 is 37.5 Å². The van der Waals surface area contributed by atoms with E-state index in [0.29, 0.717) is 30.0 Å². The van der Waals surface area contributed by atoms with Gasteiger partial charge in [-0.2, -0.15) is 9.30 Å². The predicted molar refractivity (Wildman–Crippen MR) is 110 cm³/mol. The van der Waals surface area contributed by atoms with Gasteiger partial charge < -0.3 is 4.57 Å². The van der Waals surface area contributed by atoms with Gasteiger partial charge in [-0.15, -0.1) is 0 Å². The molecule has 3 aromatic rings. The quantitative estimate of drug-likeness (QED) is 0.657. The molecule has 1 saturated heterocycles. The van der Waals surface area contributed by atoms with E-state index >= 15 is 0 Å². The van der Waals surface area contributed by atoms with Crippen molar-refractivity contribution in [2.24, 2.45) is 4.99 Å². The Hall–Kier alpha value is -2.29. The van der Waals surface area contributed by atoms with E-state index in [-0.39, 0.29) is 10.8 Å². The van der Waals surface area contributed by atoms with Crippen molar-refractivity contribution in [3.8, 4) is 0 Å². The van der Waals surface area contributed by atoms with Gasteiger partial charge in [0.1, 0.15) is 0 Å². The van der Waals surface area contributed by atoms with Gasteiger partial charge in [-0.1, -0.05) is 23.5 Å². The summed E-state index contributed by atoms with van der Waals surface area (Å²) in [7, 11) is -3.48. The van der Waals surface area contributed by atoms with Gasteiger partial charge in [0.2, 0.25) is 10.0 Å². The van der Waals surface area contributed by atoms with Gasteiger partial charge in [0.25, 0.3) is 5.91 Å². The van der Waals surface area contributed by atoms with Crippen LogP contribution >= 0.6 is 11.3 Å². The first kappa shape index (κ1) is 19.0. The van der Waals surface area contributed by atoms with Crippen LogP contribution in [0.1, 0.15) is 30.1 Å². The first-order valence-electron chi connectivity index (χ1n) is 9.28. The Kier molecular flexibility index (Phi) is 5.18. The van der Waals surface area contributed by atoms with Gasteiger partial charge in [0.05, 0.1) is 15.1 Å². The number of carbonyl (C=O) groups excluding carboxylic acids is 1. The smallest absolute Gasteiger partial charge is 0.279 e. The molecule has 1 fully saturated rings. The van der Waals surface area contributed by atoms with Crippen LogP contribution in [0.5, 0.6) is 0 Å². The first-order chi connectivity index (χ1) is 13.5. The SMILES string of the molecule is CCn1c(=NC(=O)c2ccc(S(=O)(=O)N3CCCC3)cc2)sc2ccccc21. The topological polar surface area (TPSA) is 71.7 Å². The minimum Gasteiger partial charge on any atom is -0.317 e. The summed E-state index contributed by atoms with van der Waals surface area (Å²) in [6.45, 7) is 3.84. The third-order valence-corrected chi connectivity index (χ3v) is 7.88. The number of aryl methyl sites for hydroxylation is 1. The number of carbonyl (C=O) groups is 1. The number of fused-ring (bicyclic) bond motifs is 1. The lowest BCUT2D eigenvalue weighted by molar-refractivity contribution is 0.0997. The molecule has 28 heavy (non-hydrogen) atoms. The van der Waals surface area contributed by atoms with E-state index in [2.05, 4.69) is 4.99 Å². The number of thiazole rings is 1. The molecule has 2 heterocycles. The molecule has 8 heteroatoms. The molecule has 0 radical (unpaired) electrons. The molecule has 0 N–H and O–H groups in total. The normalized spacial score (nSPS) is 16.1. The lowest BCUT2D eigenvalue weighted by Gasteiger charge is -2.15. The average molecular weight is 416 g/mol. The van der Waals surface area contributed by atoms with Gasteiger partial charge in [-0.05, 0) is 56.2 Å². The van der Waals surface area contributed by atoms with Crippen molar-refractivity contribution in [3.05, 3.63) is 58.9 Å². The zero-order chi connectivity index (χ0) is 19.7. The van der Waals surface area contributed by atoms with Crippen molar-refractivity contribution < 1.29 is 13.2 Å². The lowest BCUT2D eigenvalue weighted by atomic mass is 10.2. The van der Waals surface area contributed by atoms with Crippen molar-refractivity contribution in [3.63, 3.8) is 0 Å². The fourth-order valence-corrected chi connectivity index (χ4v) is 6.02. The average Bonchev–Trinajstić information content (AvgIpc) is 3.36. The number of aromatic nitrogens is 1. The highest BCUT2D eigenvalue weighted by molar-refractivity contribution is 7.89. The van der Waals surface area contributed by atoms with Crippen LogP contribution in [-0.2, 0) is 16.6 Å². The van der Waals surface area contributed by atoms with Crippen LogP contribution in [0.4, 0.5) is 0 Å². The Labute approximate surface area is 167 Å². The van der Waals surface area contributed by atoms with Crippen LogP contribution in [0.3, 0.4) is 0 Å². The van der Waals surface area contributed by atoms with Crippen molar-refractivity contribution in [2.75, 3.05) is 13.1 Å². The monoisotopic (exact) mass is 415 g/mol. The number of nitrogens with zero attached hydrogens (tertiary/aromatic N) is 3. The van der Waals surface area contributed by atoms with Crippen LogP contribution in [-0.4, -0.2) is 36.3 Å². The molecular weight excluding hydrogens is 394 g/mol. The molecule has 0 saturated carbocycles. The maximum atomic E-state index is 12.6. The zero-order valence-corrected chi connectivity index (χ0v) is 17.2. The molecule has 0 atom stereocenters. The maximum absolute atomic E-state index is 12.6. The van der Waals surface area contributed by atoms with E-state index in [9.17, 15) is 13.2 Å². The van der Waals surface area contributed by atoms with Crippen LogP contribution in [0, 0.1) is 0 Å². The van der Waals surface area contributed by atoms with Crippen molar-refractivity contribution in [1.82, 2.24) is 8.87 Å². The lowest BCUT2D eigenvalue weighted by Crippen LogP contribution is -2.27. The molecule has 1 aromatic heterocycles. The highest BCUT2D eigenvalue weighted by Gasteiger charge is 2.27. The minimum atomic E-state index is -3.48. The predicted octanol–water partition coefficient (Wildman–Crippen LogP) is 3.25. The molecule has 4 rings (SSSR count). The second-order valence-electron chi connectivity index (χ2n) is 6.65. The van der Waals surface area contributed by atoms with E-state index < -0.39 is 10.0 Å². The Bertz CT molecular complexity index is 1190. The largest absolute Gasteiger partial charge is 0.317 e. The number of rotatable bonds is 4. The molecule has 0 aliphatic carbocycles. The van der Waals surface area contributed by atoms with Gasteiger partial charge >= 0.3 is 0 Å². The van der Waals surface area contributed by atoms with Gasteiger partial charge in [0, 0.05) is 25.2 Å². The first-order valence-corrected chi connectivity index (χ1v) is 11.5. The van der Waals surface area contributed by atoms with Crippen molar-refractivity contribution in [2.45, 2.75) is 31.2 Å². The fraction of sp³-hybridized carbons (Fsp3) is 0.300. The number of hydrogen-bond acceptors (Lipinski definition) is 4. The van der Waals surface area contributed by atoms with Crippen LogP contribution in [0.2, 0.25) is 0 Å². The Balaban J connectivity index is 1.65. The summed E-state index contributed by atoms with van der Waals surface area (Å²) < 4.78 is 29.8. The summed E-state index contributed by atoms with van der Waals surface area (Å²) in [6.07, 6.45) is 1.78. The highest BCUT2D eigenvalue weighted by atomic mass is 32.2. The third-order valence-electron chi connectivity index (χ3n) is 4.91. The summed E-state index contributed by atoms with van der Waals surface area (Å²) in [5, 5.41) is 0. The number of benzene rings is 2. The summed E-state index contributed by atoms with van der Waals surface area (Å²) in [5.41, 5.74) is 1.43. The molecule has 146 valence electrons. The second-order valence-corrected chi connectivity index (χ2v) is 9.60. The van der Waals surface area contributed by atoms with E-state index in [0.717, 1.165) is 23.1 Å². The van der Waals surface area contributed by atoms with Gasteiger partial charge in [0.15, 0.2) is 4.80 Å². The van der Waals surface area contributed by atoms with E-state index in [1.54, 1.807) is 12.1 Å². The summed E-state index contributed by atoms with van der Waals surface area (Å²) in [4.78, 5) is 17.8. The number of hydrogen-bond donors (Lipinski definition) is 0. The van der Waals surface area contributed by atoms with Gasteiger partial charge in [-0.3, -0.25) is 4.79 Å².